The van der Waals surface area contributed by atoms with Crippen molar-refractivity contribution in [2.75, 3.05) is 32.8 Å². The molecule has 1 N–H and O–H groups in total. The molecular formula is C29H45N3O5. The topological polar surface area (TPSA) is 90.4 Å². The average Bonchev–Trinajstić information content (AvgIpc) is 3.39. The number of ether oxygens (including phenoxy) is 1. The molecule has 3 heterocycles. The smallest absolute Gasteiger partial charge is 0.248 e. The van der Waals surface area contributed by atoms with Gasteiger partial charge in [0.05, 0.1) is 24.0 Å². The first kappa shape index (κ1) is 27.8. The third kappa shape index (κ3) is 4.34. The van der Waals surface area contributed by atoms with Crippen molar-refractivity contribution >= 4 is 17.7 Å². The second-order valence-electron chi connectivity index (χ2n) is 11.6. The molecule has 1 aliphatic carbocycles. The number of aliphatic hydroxyl groups is 1. The molecule has 0 aromatic carbocycles. The second-order valence-corrected chi connectivity index (χ2v) is 11.6. The molecule has 4 rings (SSSR count). The monoisotopic (exact) mass is 515 g/mol. The Morgan fingerprint density at radius 2 is 1.84 bits per heavy atom. The van der Waals surface area contributed by atoms with Crippen molar-refractivity contribution in [3.63, 3.8) is 0 Å². The van der Waals surface area contributed by atoms with Crippen molar-refractivity contribution in [1.29, 1.82) is 0 Å². The molecule has 0 aromatic heterocycles. The molecule has 8 heteroatoms. The lowest BCUT2D eigenvalue weighted by Crippen LogP contribution is -2.59. The third-order valence-corrected chi connectivity index (χ3v) is 9.43. The predicted octanol–water partition coefficient (Wildman–Crippen LogP) is 2.76. The second kappa shape index (κ2) is 10.9. The molecule has 3 aliphatic heterocycles. The fourth-order valence-corrected chi connectivity index (χ4v) is 7.76. The van der Waals surface area contributed by atoms with Gasteiger partial charge in [0, 0.05) is 32.2 Å². The van der Waals surface area contributed by atoms with Gasteiger partial charge in [-0.25, -0.2) is 0 Å². The zero-order chi connectivity index (χ0) is 27.0. The average molecular weight is 516 g/mol. The Bertz CT molecular complexity index is 917. The van der Waals surface area contributed by atoms with Gasteiger partial charge in [-0.2, -0.15) is 0 Å². The van der Waals surface area contributed by atoms with Crippen LogP contribution in [0.4, 0.5) is 0 Å². The standard InChI is InChI=1S/C29H45N3O5/c1-6-14-30(15-7-2)25(34)22-23-26(35)32(17-18-33)24(29(23)19-20(4)28(22,5)37-29)27(36)31(16-8-3)21-12-10-9-11-13-21/h6,8,20-24,33H,1,3,7,9-19H2,2,4-5H3/t20?,22-,23+,24?,28+,29?/m1/s1. The number of likely N-dealkylation sites (tertiary alicyclic amines) is 1. The summed E-state index contributed by atoms with van der Waals surface area (Å²) < 4.78 is 6.83. The van der Waals surface area contributed by atoms with E-state index in [1.807, 2.05) is 18.7 Å². The lowest BCUT2D eigenvalue weighted by molar-refractivity contribution is -0.156. The number of hydrogen-bond donors (Lipinski definition) is 1. The maximum absolute atomic E-state index is 14.4. The Morgan fingerprint density at radius 1 is 1.16 bits per heavy atom. The minimum atomic E-state index is -1.09. The van der Waals surface area contributed by atoms with Crippen LogP contribution in [-0.4, -0.2) is 93.6 Å². The lowest BCUT2D eigenvalue weighted by atomic mass is 9.62. The van der Waals surface area contributed by atoms with Crippen LogP contribution in [0.15, 0.2) is 25.3 Å². The number of β-amino-alcohol motifs (C(OH)–C–C–N with tert-alkyl or cyclic N) is 1. The van der Waals surface area contributed by atoms with Gasteiger partial charge in [0.2, 0.25) is 17.7 Å². The van der Waals surface area contributed by atoms with E-state index in [4.69, 9.17) is 4.74 Å². The summed E-state index contributed by atoms with van der Waals surface area (Å²) in [7, 11) is 0. The largest absolute Gasteiger partial charge is 0.395 e. The molecule has 3 saturated heterocycles. The summed E-state index contributed by atoms with van der Waals surface area (Å²) in [6.45, 7) is 14.9. The zero-order valence-electron chi connectivity index (χ0n) is 22.9. The quantitative estimate of drug-likeness (QED) is 0.428. The van der Waals surface area contributed by atoms with E-state index in [-0.39, 0.29) is 42.8 Å². The summed E-state index contributed by atoms with van der Waals surface area (Å²) in [5.74, 6) is -1.94. The maximum Gasteiger partial charge on any atom is 0.248 e. The lowest BCUT2D eigenvalue weighted by Gasteiger charge is -2.41. The summed E-state index contributed by atoms with van der Waals surface area (Å²) in [6.07, 6.45) is 9.95. The van der Waals surface area contributed by atoms with E-state index < -0.39 is 29.1 Å². The summed E-state index contributed by atoms with van der Waals surface area (Å²) in [4.78, 5) is 47.7. The summed E-state index contributed by atoms with van der Waals surface area (Å²) in [6, 6.07) is -0.766. The molecule has 3 unspecified atom stereocenters. The fraction of sp³-hybridized carbons (Fsp3) is 0.759. The SMILES string of the molecule is C=CCN(CCC)C(=O)[C@H]1[C@H]2C(=O)N(CCO)C(C(=O)N(CC=C)C3CCCCC3)C23CC(C)[C@]1(C)O3. The molecule has 4 aliphatic rings. The molecule has 0 aromatic rings. The Labute approximate surface area is 221 Å². The van der Waals surface area contributed by atoms with E-state index in [1.54, 1.807) is 17.1 Å². The molecule has 3 amide bonds. The number of hydrogen-bond acceptors (Lipinski definition) is 5. The van der Waals surface area contributed by atoms with Crippen LogP contribution in [0.5, 0.6) is 0 Å². The highest BCUT2D eigenvalue weighted by molar-refractivity contribution is 5.99. The van der Waals surface area contributed by atoms with Gasteiger partial charge in [0.1, 0.15) is 11.6 Å². The summed E-state index contributed by atoms with van der Waals surface area (Å²) >= 11 is 0. The molecular weight excluding hydrogens is 470 g/mol. The fourth-order valence-electron chi connectivity index (χ4n) is 7.76. The Balaban J connectivity index is 1.77. The van der Waals surface area contributed by atoms with E-state index in [1.165, 1.54) is 11.3 Å². The highest BCUT2D eigenvalue weighted by Crippen LogP contribution is 2.65. The number of amides is 3. The van der Waals surface area contributed by atoms with Gasteiger partial charge in [0.25, 0.3) is 0 Å². The summed E-state index contributed by atoms with van der Waals surface area (Å²) in [5.41, 5.74) is -1.93. The molecule has 4 fully saturated rings. The normalized spacial score (nSPS) is 34.9. The van der Waals surface area contributed by atoms with Crippen LogP contribution < -0.4 is 0 Å². The van der Waals surface area contributed by atoms with Crippen LogP contribution in [0, 0.1) is 17.8 Å². The number of rotatable bonds is 11. The van der Waals surface area contributed by atoms with Gasteiger partial charge in [-0.3, -0.25) is 14.4 Å². The highest BCUT2D eigenvalue weighted by atomic mass is 16.5. The van der Waals surface area contributed by atoms with Crippen molar-refractivity contribution in [3.8, 4) is 0 Å². The predicted molar refractivity (Wildman–Crippen MR) is 141 cm³/mol. The van der Waals surface area contributed by atoms with Gasteiger partial charge < -0.3 is 24.5 Å². The molecule has 1 saturated carbocycles. The van der Waals surface area contributed by atoms with Crippen molar-refractivity contribution in [3.05, 3.63) is 25.3 Å². The van der Waals surface area contributed by atoms with Crippen molar-refractivity contribution in [2.24, 2.45) is 17.8 Å². The molecule has 8 nitrogen and oxygen atoms in total. The van der Waals surface area contributed by atoms with E-state index in [0.717, 1.165) is 32.1 Å². The van der Waals surface area contributed by atoms with Gasteiger partial charge in [-0.1, -0.05) is 45.3 Å². The first-order valence-corrected chi connectivity index (χ1v) is 14.1. The van der Waals surface area contributed by atoms with E-state index in [2.05, 4.69) is 20.1 Å². The number of fused-ring (bicyclic) bond motifs is 1. The Hall–Kier alpha value is -2.19. The molecule has 1 spiro atoms. The van der Waals surface area contributed by atoms with Crippen LogP contribution in [0.3, 0.4) is 0 Å². The van der Waals surface area contributed by atoms with Gasteiger partial charge >= 0.3 is 0 Å². The summed E-state index contributed by atoms with van der Waals surface area (Å²) in [5, 5.41) is 9.91. The highest BCUT2D eigenvalue weighted by Gasteiger charge is 2.80. The Kier molecular flexibility index (Phi) is 8.19. The van der Waals surface area contributed by atoms with Crippen molar-refractivity contribution < 1.29 is 24.2 Å². The van der Waals surface area contributed by atoms with Gasteiger partial charge in [0.15, 0.2) is 0 Å². The van der Waals surface area contributed by atoms with Crippen LogP contribution in [0.25, 0.3) is 0 Å². The number of nitrogens with zero attached hydrogens (tertiary/aromatic N) is 3. The van der Waals surface area contributed by atoms with Crippen molar-refractivity contribution in [2.45, 2.75) is 89.0 Å². The molecule has 206 valence electrons. The maximum atomic E-state index is 14.4. The molecule has 2 bridgehead atoms. The van der Waals surface area contributed by atoms with E-state index >= 15 is 0 Å². The number of carbonyl (C=O) groups is 3. The van der Waals surface area contributed by atoms with Crippen LogP contribution >= 0.6 is 0 Å². The van der Waals surface area contributed by atoms with Crippen LogP contribution in [0.2, 0.25) is 0 Å². The van der Waals surface area contributed by atoms with Gasteiger partial charge in [-0.15, -0.1) is 13.2 Å². The molecule has 0 radical (unpaired) electrons. The third-order valence-electron chi connectivity index (χ3n) is 9.43. The van der Waals surface area contributed by atoms with Gasteiger partial charge in [-0.05, 0) is 38.5 Å². The Morgan fingerprint density at radius 3 is 2.43 bits per heavy atom. The minimum absolute atomic E-state index is 0.00961. The molecule has 37 heavy (non-hydrogen) atoms. The van der Waals surface area contributed by atoms with Crippen LogP contribution in [-0.2, 0) is 19.1 Å². The molecule has 6 atom stereocenters. The first-order chi connectivity index (χ1) is 17.7. The van der Waals surface area contributed by atoms with Crippen molar-refractivity contribution in [1.82, 2.24) is 14.7 Å². The first-order valence-electron chi connectivity index (χ1n) is 14.1. The van der Waals surface area contributed by atoms with E-state index in [9.17, 15) is 19.5 Å². The van der Waals surface area contributed by atoms with Crippen LogP contribution in [0.1, 0.15) is 65.7 Å². The zero-order valence-corrected chi connectivity index (χ0v) is 22.9. The van der Waals surface area contributed by atoms with E-state index in [0.29, 0.717) is 26.1 Å². The minimum Gasteiger partial charge on any atom is -0.395 e. The number of carbonyl (C=O) groups excluding carboxylic acids is 3. The number of aliphatic hydroxyl groups excluding tert-OH is 1.